The lowest BCUT2D eigenvalue weighted by molar-refractivity contribution is 0.0941. The van der Waals surface area contributed by atoms with Crippen molar-refractivity contribution < 1.29 is 0 Å². The molecule has 0 aromatic carbocycles. The Hall–Kier alpha value is -0.0400. The molecule has 2 fully saturated rings. The van der Waals surface area contributed by atoms with Crippen molar-refractivity contribution in [2.75, 3.05) is 6.54 Å². The normalized spacial score (nSPS) is 26.4. The van der Waals surface area contributed by atoms with Gasteiger partial charge in [-0.25, -0.2) is 0 Å². The van der Waals surface area contributed by atoms with Crippen LogP contribution in [0.5, 0.6) is 0 Å². The van der Waals surface area contributed by atoms with Crippen LogP contribution in [0.3, 0.4) is 0 Å². The second-order valence-corrected chi connectivity index (χ2v) is 6.44. The molecule has 0 spiro atoms. The van der Waals surface area contributed by atoms with Crippen molar-refractivity contribution in [2.45, 2.75) is 77.7 Å². The van der Waals surface area contributed by atoms with Gasteiger partial charge in [0.2, 0.25) is 0 Å². The molecule has 0 aromatic heterocycles. The van der Waals surface area contributed by atoms with E-state index in [0.717, 1.165) is 5.92 Å². The first-order valence-electron chi connectivity index (χ1n) is 7.46. The Morgan fingerprint density at radius 3 is 2.19 bits per heavy atom. The molecule has 0 amide bonds. The molecule has 0 radical (unpaired) electrons. The quantitative estimate of drug-likeness (QED) is 0.756. The lowest BCUT2D eigenvalue weighted by Gasteiger charge is -2.43. The van der Waals surface area contributed by atoms with Crippen molar-refractivity contribution >= 4 is 0 Å². The van der Waals surface area contributed by atoms with Crippen LogP contribution in [0.2, 0.25) is 0 Å². The zero-order valence-corrected chi connectivity index (χ0v) is 11.2. The van der Waals surface area contributed by atoms with Gasteiger partial charge in [-0.15, -0.1) is 0 Å². The Morgan fingerprint density at radius 2 is 1.62 bits per heavy atom. The third-order valence-corrected chi connectivity index (χ3v) is 4.93. The van der Waals surface area contributed by atoms with E-state index >= 15 is 0 Å². The highest BCUT2D eigenvalue weighted by molar-refractivity contribution is 4.93. The lowest BCUT2D eigenvalue weighted by Crippen LogP contribution is -2.43. The maximum atomic E-state index is 3.73. The van der Waals surface area contributed by atoms with Gasteiger partial charge in [0.15, 0.2) is 0 Å². The van der Waals surface area contributed by atoms with Crippen molar-refractivity contribution in [3.8, 4) is 0 Å². The van der Waals surface area contributed by atoms with Gasteiger partial charge in [-0.05, 0) is 37.0 Å². The van der Waals surface area contributed by atoms with Crippen molar-refractivity contribution in [2.24, 2.45) is 11.3 Å². The van der Waals surface area contributed by atoms with E-state index in [0.29, 0.717) is 11.5 Å². The van der Waals surface area contributed by atoms with Gasteiger partial charge in [0.25, 0.3) is 0 Å². The lowest BCUT2D eigenvalue weighted by atomic mass is 9.65. The van der Waals surface area contributed by atoms with Gasteiger partial charge < -0.3 is 5.32 Å². The minimum Gasteiger partial charge on any atom is -0.314 e. The third kappa shape index (κ3) is 2.80. The molecule has 0 atom stereocenters. The predicted molar refractivity (Wildman–Crippen MR) is 70.6 cm³/mol. The van der Waals surface area contributed by atoms with E-state index in [-0.39, 0.29) is 0 Å². The molecule has 94 valence electrons. The van der Waals surface area contributed by atoms with E-state index in [1.54, 1.807) is 0 Å². The van der Waals surface area contributed by atoms with Gasteiger partial charge in [-0.1, -0.05) is 46.0 Å². The topological polar surface area (TPSA) is 12.0 Å². The first-order chi connectivity index (χ1) is 7.73. The van der Waals surface area contributed by atoms with Crippen LogP contribution < -0.4 is 5.32 Å². The predicted octanol–water partition coefficient (Wildman–Crippen LogP) is 4.13. The average molecular weight is 223 g/mol. The summed E-state index contributed by atoms with van der Waals surface area (Å²) < 4.78 is 0. The molecule has 1 N–H and O–H groups in total. The molecule has 0 unspecified atom stereocenters. The van der Waals surface area contributed by atoms with E-state index in [9.17, 15) is 0 Å². The maximum Gasteiger partial charge on any atom is 0.00128 e. The molecule has 0 heterocycles. The average Bonchev–Trinajstić information content (AvgIpc) is 2.82. The van der Waals surface area contributed by atoms with Crippen molar-refractivity contribution in [1.82, 2.24) is 5.32 Å². The van der Waals surface area contributed by atoms with Crippen LogP contribution >= 0.6 is 0 Å². The molecule has 2 rings (SSSR count). The molecule has 1 nitrogen and oxygen atoms in total. The van der Waals surface area contributed by atoms with Crippen molar-refractivity contribution in [3.05, 3.63) is 0 Å². The molecular weight excluding hydrogens is 194 g/mol. The van der Waals surface area contributed by atoms with Crippen LogP contribution in [0.1, 0.15) is 71.6 Å². The van der Waals surface area contributed by atoms with E-state index in [1.807, 2.05) is 0 Å². The summed E-state index contributed by atoms with van der Waals surface area (Å²) in [5.41, 5.74) is 0.680. The molecule has 2 aliphatic rings. The summed E-state index contributed by atoms with van der Waals surface area (Å²) in [7, 11) is 0. The van der Waals surface area contributed by atoms with Crippen molar-refractivity contribution in [3.63, 3.8) is 0 Å². The second kappa shape index (κ2) is 5.53. The molecule has 0 bridgehead atoms. The number of nitrogens with one attached hydrogen (secondary N) is 1. The summed E-state index contributed by atoms with van der Waals surface area (Å²) in [5.74, 6) is 1.04. The van der Waals surface area contributed by atoms with E-state index in [4.69, 9.17) is 0 Å². The smallest absolute Gasteiger partial charge is 0.00128 e. The first-order valence-corrected chi connectivity index (χ1v) is 7.46. The monoisotopic (exact) mass is 223 g/mol. The fourth-order valence-corrected chi connectivity index (χ4v) is 3.93. The largest absolute Gasteiger partial charge is 0.314 e. The summed E-state index contributed by atoms with van der Waals surface area (Å²) >= 11 is 0. The number of rotatable bonds is 4. The maximum absolute atomic E-state index is 3.73. The molecule has 16 heavy (non-hydrogen) atoms. The Balaban J connectivity index is 1.98. The van der Waals surface area contributed by atoms with Crippen LogP contribution in [0.25, 0.3) is 0 Å². The van der Waals surface area contributed by atoms with Crippen LogP contribution in [0, 0.1) is 11.3 Å². The van der Waals surface area contributed by atoms with Crippen LogP contribution in [0.15, 0.2) is 0 Å². The number of hydrogen-bond donors (Lipinski definition) is 1. The molecule has 1 heteroatoms. The minimum absolute atomic E-state index is 0.653. The summed E-state index contributed by atoms with van der Waals surface area (Å²) in [5, 5.41) is 3.73. The molecular formula is C15H29N. The fourth-order valence-electron chi connectivity index (χ4n) is 3.93. The highest BCUT2D eigenvalue weighted by atomic mass is 14.9. The standard InChI is InChI=1S/C15H29N/c1-13(2)16-12-15(10-6-3-7-11-15)14-8-4-5-9-14/h13-14,16H,3-12H2,1-2H3. The Morgan fingerprint density at radius 1 is 1.00 bits per heavy atom. The highest BCUT2D eigenvalue weighted by Gasteiger charge is 2.40. The SMILES string of the molecule is CC(C)NCC1(C2CCCC2)CCCCC1. The molecule has 2 saturated carbocycles. The Kier molecular flexibility index (Phi) is 4.29. The summed E-state index contributed by atoms with van der Waals surface area (Å²) in [6.45, 7) is 5.85. The molecule has 0 saturated heterocycles. The van der Waals surface area contributed by atoms with Crippen LogP contribution in [0.4, 0.5) is 0 Å². The van der Waals surface area contributed by atoms with Gasteiger partial charge in [0, 0.05) is 12.6 Å². The summed E-state index contributed by atoms with van der Waals surface area (Å²) in [6, 6.07) is 0.653. The van der Waals surface area contributed by atoms with Gasteiger partial charge in [0.1, 0.15) is 0 Å². The minimum atomic E-state index is 0.653. The highest BCUT2D eigenvalue weighted by Crippen LogP contribution is 2.48. The van der Waals surface area contributed by atoms with E-state index in [1.165, 1.54) is 64.3 Å². The molecule has 2 aliphatic carbocycles. The van der Waals surface area contributed by atoms with Gasteiger partial charge in [-0.2, -0.15) is 0 Å². The molecule has 0 aromatic rings. The molecule has 0 aliphatic heterocycles. The van der Waals surface area contributed by atoms with Crippen LogP contribution in [-0.4, -0.2) is 12.6 Å². The van der Waals surface area contributed by atoms with E-state index < -0.39 is 0 Å². The van der Waals surface area contributed by atoms with Gasteiger partial charge in [0.05, 0.1) is 0 Å². The fraction of sp³-hybridized carbons (Fsp3) is 1.00. The van der Waals surface area contributed by atoms with E-state index in [2.05, 4.69) is 19.2 Å². The van der Waals surface area contributed by atoms with Crippen LogP contribution in [-0.2, 0) is 0 Å². The first kappa shape index (κ1) is 12.4. The zero-order valence-electron chi connectivity index (χ0n) is 11.2. The van der Waals surface area contributed by atoms with Gasteiger partial charge >= 0.3 is 0 Å². The summed E-state index contributed by atoms with van der Waals surface area (Å²) in [6.07, 6.45) is 13.5. The number of hydrogen-bond acceptors (Lipinski definition) is 1. The third-order valence-electron chi connectivity index (χ3n) is 4.93. The summed E-state index contributed by atoms with van der Waals surface area (Å²) in [4.78, 5) is 0. The zero-order chi connectivity index (χ0) is 11.4. The second-order valence-electron chi connectivity index (χ2n) is 6.44. The van der Waals surface area contributed by atoms with Gasteiger partial charge in [-0.3, -0.25) is 0 Å². The van der Waals surface area contributed by atoms with Crippen molar-refractivity contribution in [1.29, 1.82) is 0 Å². The Labute approximate surface area is 101 Å². The Bertz CT molecular complexity index is 197.